The van der Waals surface area contributed by atoms with E-state index in [2.05, 4.69) is 46.9 Å². The van der Waals surface area contributed by atoms with Crippen LogP contribution in [0.15, 0.2) is 20.4 Å². The lowest BCUT2D eigenvalue weighted by Gasteiger charge is -2.53. The summed E-state index contributed by atoms with van der Waals surface area (Å²) in [5, 5.41) is 28.5. The molecule has 36 heavy (non-hydrogen) atoms. The fourth-order valence-electron chi connectivity index (χ4n) is 3.39. The molecule has 0 saturated carbocycles. The number of aromatic nitrogens is 3. The molecule has 2 unspecified atom stereocenters. The van der Waals surface area contributed by atoms with Crippen LogP contribution in [-0.4, -0.2) is 96.5 Å². The third-order valence-electron chi connectivity index (χ3n) is 5.17. The van der Waals surface area contributed by atoms with Crippen molar-refractivity contribution in [2.45, 2.75) is 15.8 Å². The number of anilines is 1. The van der Waals surface area contributed by atoms with Crippen LogP contribution in [0.3, 0.4) is 0 Å². The molecule has 0 aliphatic carbocycles. The summed E-state index contributed by atoms with van der Waals surface area (Å²) in [6, 6.07) is -0.849. The van der Waals surface area contributed by atoms with Crippen LogP contribution in [0.2, 0.25) is 0 Å². The average molecular weight is 637 g/mol. The zero-order valence-corrected chi connectivity index (χ0v) is 23.0. The van der Waals surface area contributed by atoms with Crippen molar-refractivity contribution in [2.24, 2.45) is 10.6 Å². The lowest BCUT2D eigenvalue weighted by atomic mass is 9.89. The molecule has 4 heterocycles. The van der Waals surface area contributed by atoms with E-state index in [0.29, 0.717) is 16.1 Å². The molecule has 192 valence electrons. The van der Waals surface area contributed by atoms with E-state index in [-0.39, 0.29) is 47.1 Å². The van der Waals surface area contributed by atoms with E-state index in [4.69, 9.17) is 4.84 Å². The van der Waals surface area contributed by atoms with Crippen molar-refractivity contribution < 1.29 is 29.1 Å². The number of carbonyl (C=O) groups excluding carboxylic acids is 3. The standard InChI is InChI=1S/C18H18BrN7O6S4/c19-1-2-32-25-10(9-3-33-16(22-9)20-7-27)12(28)23-11-13(29)26-4-18(15(30)31,5-34-14(11)26)6-35-17-24-21-8-36-17/h3,7-8,11,14H,1-2,4-6H2,(H,23,28)(H,30,31)(H,20,22,27)/t11?,14-,18?/m1/s1. The number of fused-ring (bicyclic) bond motifs is 1. The van der Waals surface area contributed by atoms with Crippen LogP contribution in [0.5, 0.6) is 0 Å². The number of oxime groups is 1. The Morgan fingerprint density at radius 2 is 2.28 bits per heavy atom. The highest BCUT2D eigenvalue weighted by atomic mass is 79.9. The van der Waals surface area contributed by atoms with Gasteiger partial charge in [0.05, 0.1) is 0 Å². The zero-order valence-electron chi connectivity index (χ0n) is 18.2. The van der Waals surface area contributed by atoms with Gasteiger partial charge in [0.15, 0.2) is 15.2 Å². The maximum absolute atomic E-state index is 13.0. The van der Waals surface area contributed by atoms with Crippen LogP contribution in [0, 0.1) is 5.41 Å². The first-order chi connectivity index (χ1) is 17.4. The molecule has 3 N–H and O–H groups in total. The molecule has 2 aromatic rings. The first kappa shape index (κ1) is 26.8. The lowest BCUT2D eigenvalue weighted by molar-refractivity contribution is -0.157. The van der Waals surface area contributed by atoms with E-state index in [1.54, 1.807) is 5.51 Å². The minimum atomic E-state index is -1.15. The van der Waals surface area contributed by atoms with Gasteiger partial charge in [-0.15, -0.1) is 33.3 Å². The minimum absolute atomic E-state index is 0.0269. The Morgan fingerprint density at radius 1 is 1.44 bits per heavy atom. The largest absolute Gasteiger partial charge is 0.481 e. The van der Waals surface area contributed by atoms with E-state index in [9.17, 15) is 24.3 Å². The van der Waals surface area contributed by atoms with Gasteiger partial charge in [0.1, 0.15) is 34.6 Å². The van der Waals surface area contributed by atoms with Gasteiger partial charge in [-0.2, -0.15) is 0 Å². The van der Waals surface area contributed by atoms with Gasteiger partial charge >= 0.3 is 5.97 Å². The number of nitrogens with one attached hydrogen (secondary N) is 2. The number of β-lactam (4-membered cyclic amide) rings is 1. The summed E-state index contributed by atoms with van der Waals surface area (Å²) >= 11 is 8.22. The number of carboxylic acids is 1. The molecule has 2 saturated heterocycles. The Kier molecular flexibility index (Phi) is 8.81. The van der Waals surface area contributed by atoms with Crippen LogP contribution in [0.4, 0.5) is 5.13 Å². The fraction of sp³-hybridized carbons (Fsp3) is 0.444. The van der Waals surface area contributed by atoms with Crippen LogP contribution in [0.1, 0.15) is 5.69 Å². The number of carbonyl (C=O) groups is 4. The van der Waals surface area contributed by atoms with Crippen LogP contribution >= 0.6 is 62.1 Å². The monoisotopic (exact) mass is 635 g/mol. The predicted octanol–water partition coefficient (Wildman–Crippen LogP) is 0.942. The molecule has 0 spiro atoms. The third-order valence-corrected chi connectivity index (χ3v) is 10.0. The van der Waals surface area contributed by atoms with Crippen molar-refractivity contribution in [3.63, 3.8) is 0 Å². The van der Waals surface area contributed by atoms with E-state index in [0.717, 1.165) is 11.3 Å². The number of thioether (sulfide) groups is 2. The number of rotatable bonds is 12. The summed E-state index contributed by atoms with van der Waals surface area (Å²) in [6.45, 7) is 0.223. The topological polar surface area (TPSA) is 176 Å². The van der Waals surface area contributed by atoms with E-state index in [1.807, 2.05) is 0 Å². The Balaban J connectivity index is 1.43. The number of halogens is 1. The Hall–Kier alpha value is -2.28. The molecule has 2 aliphatic heterocycles. The van der Waals surface area contributed by atoms with Gasteiger partial charge in [-0.3, -0.25) is 19.2 Å². The molecule has 3 atom stereocenters. The van der Waals surface area contributed by atoms with Crippen molar-refractivity contribution in [1.82, 2.24) is 25.4 Å². The number of carboxylic acid groups (broad SMARTS) is 1. The number of nitrogens with zero attached hydrogens (tertiary/aromatic N) is 5. The molecular formula is C18H18BrN7O6S4. The highest BCUT2D eigenvalue weighted by Crippen LogP contribution is 2.44. The van der Waals surface area contributed by atoms with Crippen molar-refractivity contribution in [3.8, 4) is 0 Å². The second kappa shape index (κ2) is 11.8. The van der Waals surface area contributed by atoms with Crippen molar-refractivity contribution in [3.05, 3.63) is 16.6 Å². The molecular weight excluding hydrogens is 618 g/mol. The molecule has 13 nitrogen and oxygen atoms in total. The van der Waals surface area contributed by atoms with Gasteiger partial charge < -0.3 is 25.5 Å². The summed E-state index contributed by atoms with van der Waals surface area (Å²) in [6.07, 6.45) is 0.465. The van der Waals surface area contributed by atoms with Gasteiger partial charge in [-0.05, 0) is 0 Å². The highest BCUT2D eigenvalue weighted by molar-refractivity contribution is 9.09. The number of hydrogen-bond donors (Lipinski definition) is 3. The van der Waals surface area contributed by atoms with Crippen LogP contribution in [0.25, 0.3) is 0 Å². The average Bonchev–Trinajstić information content (AvgIpc) is 3.56. The number of aliphatic carboxylic acids is 1. The number of hydrogen-bond acceptors (Lipinski definition) is 13. The first-order valence-corrected chi connectivity index (χ1v) is 15.1. The summed E-state index contributed by atoms with van der Waals surface area (Å²) in [5.74, 6) is -1.55. The molecule has 2 aromatic heterocycles. The van der Waals surface area contributed by atoms with Crippen LogP contribution in [-0.2, 0) is 24.0 Å². The third kappa shape index (κ3) is 5.66. The summed E-state index contributed by atoms with van der Waals surface area (Å²) in [5.41, 5.74) is 0.448. The Bertz CT molecular complexity index is 1160. The van der Waals surface area contributed by atoms with Crippen molar-refractivity contribution in [1.29, 1.82) is 0 Å². The van der Waals surface area contributed by atoms with Crippen molar-refractivity contribution >= 4 is 97.2 Å². The zero-order chi connectivity index (χ0) is 25.7. The second-order valence-corrected chi connectivity index (χ2v) is 12.3. The fourth-order valence-corrected chi connectivity index (χ4v) is 7.54. The SMILES string of the molecule is O=CNc1nc(C(=NOCCBr)C(=O)NC2C(=O)N3CC(CSc4nncs4)(C(=O)O)CS[C@H]23)cs1. The molecule has 0 aromatic carbocycles. The van der Waals surface area contributed by atoms with E-state index in [1.165, 1.54) is 45.1 Å². The molecule has 0 radical (unpaired) electrons. The molecule has 2 fully saturated rings. The van der Waals surface area contributed by atoms with Crippen LogP contribution < -0.4 is 10.6 Å². The summed E-state index contributed by atoms with van der Waals surface area (Å²) in [4.78, 5) is 59.6. The van der Waals surface area contributed by atoms with E-state index < -0.39 is 28.7 Å². The predicted molar refractivity (Wildman–Crippen MR) is 139 cm³/mol. The van der Waals surface area contributed by atoms with Crippen molar-refractivity contribution in [2.75, 3.05) is 35.3 Å². The van der Waals surface area contributed by atoms with E-state index >= 15 is 0 Å². The Labute approximate surface area is 229 Å². The molecule has 2 aliphatic rings. The minimum Gasteiger partial charge on any atom is -0.481 e. The quantitative estimate of drug-likeness (QED) is 0.0575. The lowest BCUT2D eigenvalue weighted by Crippen LogP contribution is -2.74. The van der Waals surface area contributed by atoms with Gasteiger partial charge in [0.25, 0.3) is 5.91 Å². The van der Waals surface area contributed by atoms with Gasteiger partial charge in [0, 0.05) is 28.8 Å². The Morgan fingerprint density at radius 3 is 2.97 bits per heavy atom. The molecule has 4 rings (SSSR count). The maximum Gasteiger partial charge on any atom is 0.313 e. The summed E-state index contributed by atoms with van der Waals surface area (Å²) in [7, 11) is 0. The van der Waals surface area contributed by atoms with Gasteiger partial charge in [-0.25, -0.2) is 4.98 Å². The van der Waals surface area contributed by atoms with Gasteiger partial charge in [0.2, 0.25) is 12.3 Å². The number of thiazole rings is 1. The molecule has 0 bridgehead atoms. The normalized spacial score (nSPS) is 23.4. The maximum atomic E-state index is 13.0. The smallest absolute Gasteiger partial charge is 0.313 e. The summed E-state index contributed by atoms with van der Waals surface area (Å²) < 4.78 is 0.658. The molecule has 3 amide bonds. The number of alkyl halides is 1. The number of amides is 3. The second-order valence-electron chi connectivity index (χ2n) is 7.46. The van der Waals surface area contributed by atoms with Gasteiger partial charge in [-0.1, -0.05) is 44.2 Å². The molecule has 18 heteroatoms. The first-order valence-electron chi connectivity index (χ1n) is 10.2. The highest BCUT2D eigenvalue weighted by Gasteiger charge is 2.57.